The zero-order chi connectivity index (χ0) is 12.1. The molecule has 0 aromatic rings. The lowest BCUT2D eigenvalue weighted by Gasteiger charge is -2.40. The van der Waals surface area contributed by atoms with Crippen LogP contribution in [0.3, 0.4) is 0 Å². The molecule has 0 amide bonds. The Labute approximate surface area is 89.3 Å². The highest BCUT2D eigenvalue weighted by molar-refractivity contribution is 4.99. The summed E-state index contributed by atoms with van der Waals surface area (Å²) in [5.74, 6) is -0.194. The van der Waals surface area contributed by atoms with E-state index < -0.39 is 24.3 Å². The SMILES string of the molecule is CC1CC2COCC1N2C(F)(F)C(F)(F)F. The van der Waals surface area contributed by atoms with Gasteiger partial charge in [0.2, 0.25) is 0 Å². The minimum absolute atomic E-state index is 0.0491. The molecule has 0 aromatic carbocycles. The molecule has 94 valence electrons. The predicted octanol–water partition coefficient (Wildman–Crippen LogP) is 2.25. The van der Waals surface area contributed by atoms with E-state index in [-0.39, 0.29) is 19.1 Å². The lowest BCUT2D eigenvalue weighted by Crippen LogP contribution is -2.61. The Morgan fingerprint density at radius 1 is 1.12 bits per heavy atom. The van der Waals surface area contributed by atoms with E-state index in [9.17, 15) is 22.0 Å². The standard InChI is InChI=1S/C9H12F5NO/c1-5-2-6-3-16-4-7(5)15(6)9(13,14)8(10,11)12/h5-7H,2-4H2,1H3. The van der Waals surface area contributed by atoms with Crippen molar-refractivity contribution in [3.8, 4) is 0 Å². The van der Waals surface area contributed by atoms with Gasteiger partial charge in [-0.3, -0.25) is 0 Å². The van der Waals surface area contributed by atoms with Gasteiger partial charge in [-0.05, 0) is 12.3 Å². The van der Waals surface area contributed by atoms with Gasteiger partial charge in [-0.15, -0.1) is 0 Å². The summed E-state index contributed by atoms with van der Waals surface area (Å²) in [6.07, 6.45) is -5.19. The van der Waals surface area contributed by atoms with Crippen LogP contribution in [0.5, 0.6) is 0 Å². The van der Waals surface area contributed by atoms with E-state index in [1.54, 1.807) is 6.92 Å². The molecule has 3 atom stereocenters. The number of ether oxygens (including phenoxy) is 1. The zero-order valence-electron chi connectivity index (χ0n) is 8.60. The van der Waals surface area contributed by atoms with Crippen molar-refractivity contribution in [3.63, 3.8) is 0 Å². The van der Waals surface area contributed by atoms with Crippen LogP contribution in [0.25, 0.3) is 0 Å². The van der Waals surface area contributed by atoms with E-state index in [1.807, 2.05) is 0 Å². The lowest BCUT2D eigenvalue weighted by molar-refractivity contribution is -0.357. The number of rotatable bonds is 1. The third-order valence-corrected chi connectivity index (χ3v) is 3.32. The second-order valence-electron chi connectivity index (χ2n) is 4.42. The minimum atomic E-state index is -5.52. The molecule has 2 bridgehead atoms. The van der Waals surface area contributed by atoms with Gasteiger partial charge in [0.1, 0.15) is 0 Å². The Balaban J connectivity index is 2.28. The maximum absolute atomic E-state index is 13.3. The van der Waals surface area contributed by atoms with Crippen molar-refractivity contribution in [1.82, 2.24) is 4.90 Å². The molecule has 3 unspecified atom stereocenters. The van der Waals surface area contributed by atoms with E-state index in [4.69, 9.17) is 4.74 Å². The Bertz CT molecular complexity index is 280. The van der Waals surface area contributed by atoms with Gasteiger partial charge >= 0.3 is 12.2 Å². The molecule has 2 rings (SSSR count). The van der Waals surface area contributed by atoms with Gasteiger partial charge in [-0.25, -0.2) is 4.90 Å². The molecule has 0 aliphatic carbocycles. The molecule has 7 heteroatoms. The summed E-state index contributed by atoms with van der Waals surface area (Å²) < 4.78 is 68.4. The first-order valence-electron chi connectivity index (χ1n) is 5.06. The average Bonchev–Trinajstić information content (AvgIpc) is 2.33. The second-order valence-corrected chi connectivity index (χ2v) is 4.42. The molecule has 2 nitrogen and oxygen atoms in total. The monoisotopic (exact) mass is 245 g/mol. The number of nitrogens with zero attached hydrogens (tertiary/aromatic N) is 1. The minimum Gasteiger partial charge on any atom is -0.378 e. The topological polar surface area (TPSA) is 12.5 Å². The highest BCUT2D eigenvalue weighted by Crippen LogP contribution is 2.47. The first-order chi connectivity index (χ1) is 7.25. The van der Waals surface area contributed by atoms with Crippen LogP contribution in [0, 0.1) is 5.92 Å². The largest absolute Gasteiger partial charge is 0.469 e. The molecule has 0 radical (unpaired) electrons. The summed E-state index contributed by atoms with van der Waals surface area (Å²) in [5, 5.41) is 0. The Hall–Kier alpha value is -0.430. The molecular formula is C9H12F5NO. The quantitative estimate of drug-likeness (QED) is 0.519. The smallest absolute Gasteiger partial charge is 0.378 e. The van der Waals surface area contributed by atoms with Crippen molar-refractivity contribution < 1.29 is 26.7 Å². The Morgan fingerprint density at radius 2 is 1.75 bits per heavy atom. The van der Waals surface area contributed by atoms with Crippen LogP contribution in [0.4, 0.5) is 22.0 Å². The van der Waals surface area contributed by atoms with Gasteiger partial charge < -0.3 is 4.74 Å². The third kappa shape index (κ3) is 1.60. The number of hydrogen-bond acceptors (Lipinski definition) is 2. The van der Waals surface area contributed by atoms with Gasteiger partial charge in [0, 0.05) is 12.1 Å². The molecule has 16 heavy (non-hydrogen) atoms. The van der Waals surface area contributed by atoms with Crippen LogP contribution in [0.2, 0.25) is 0 Å². The number of halogens is 5. The molecule has 0 aromatic heterocycles. The van der Waals surface area contributed by atoms with Crippen LogP contribution >= 0.6 is 0 Å². The Kier molecular flexibility index (Phi) is 2.66. The van der Waals surface area contributed by atoms with Crippen LogP contribution < -0.4 is 0 Å². The maximum atomic E-state index is 13.3. The summed E-state index contributed by atoms with van der Waals surface area (Å²) in [4.78, 5) is 0.293. The van der Waals surface area contributed by atoms with Gasteiger partial charge in [0.15, 0.2) is 0 Å². The van der Waals surface area contributed by atoms with Crippen LogP contribution in [-0.4, -0.2) is 42.4 Å². The number of alkyl halides is 5. The van der Waals surface area contributed by atoms with Crippen molar-refractivity contribution in [2.24, 2.45) is 5.92 Å². The van der Waals surface area contributed by atoms with Crippen molar-refractivity contribution >= 4 is 0 Å². The van der Waals surface area contributed by atoms with Crippen molar-refractivity contribution in [1.29, 1.82) is 0 Å². The molecule has 2 aliphatic rings. The third-order valence-electron chi connectivity index (χ3n) is 3.32. The summed E-state index contributed by atoms with van der Waals surface area (Å²) in [7, 11) is 0. The van der Waals surface area contributed by atoms with E-state index >= 15 is 0 Å². The maximum Gasteiger partial charge on any atom is 0.469 e. The second kappa shape index (κ2) is 3.53. The van der Waals surface area contributed by atoms with Crippen molar-refractivity contribution in [2.45, 2.75) is 37.7 Å². The fourth-order valence-electron chi connectivity index (χ4n) is 2.55. The van der Waals surface area contributed by atoms with Gasteiger partial charge in [-0.1, -0.05) is 6.92 Å². The lowest BCUT2D eigenvalue weighted by atomic mass is 10.0. The Morgan fingerprint density at radius 3 is 2.25 bits per heavy atom. The summed E-state index contributed by atoms with van der Waals surface area (Å²) in [6.45, 7) is 1.58. The molecule has 0 saturated carbocycles. The number of morpholine rings is 1. The fourth-order valence-corrected chi connectivity index (χ4v) is 2.55. The highest BCUT2D eigenvalue weighted by Gasteiger charge is 2.67. The van der Waals surface area contributed by atoms with Crippen LogP contribution in [-0.2, 0) is 4.74 Å². The normalized spacial score (nSPS) is 36.8. The first-order valence-corrected chi connectivity index (χ1v) is 5.06. The van der Waals surface area contributed by atoms with Crippen molar-refractivity contribution in [3.05, 3.63) is 0 Å². The molecule has 0 N–H and O–H groups in total. The van der Waals surface area contributed by atoms with Gasteiger partial charge in [0.05, 0.1) is 13.2 Å². The molecule has 2 fully saturated rings. The highest BCUT2D eigenvalue weighted by atomic mass is 19.4. The number of fused-ring (bicyclic) bond motifs is 2. The molecular weight excluding hydrogens is 233 g/mol. The van der Waals surface area contributed by atoms with E-state index in [2.05, 4.69) is 0 Å². The van der Waals surface area contributed by atoms with Crippen LogP contribution in [0.1, 0.15) is 13.3 Å². The molecule has 2 heterocycles. The average molecular weight is 245 g/mol. The molecule has 2 saturated heterocycles. The van der Waals surface area contributed by atoms with Crippen molar-refractivity contribution in [2.75, 3.05) is 13.2 Å². The molecule has 2 aliphatic heterocycles. The first kappa shape index (κ1) is 12.0. The van der Waals surface area contributed by atoms with E-state index in [1.165, 1.54) is 0 Å². The van der Waals surface area contributed by atoms with E-state index in [0.29, 0.717) is 11.3 Å². The summed E-state index contributed by atoms with van der Waals surface area (Å²) in [6, 6.07) is -6.42. The summed E-state index contributed by atoms with van der Waals surface area (Å²) >= 11 is 0. The van der Waals surface area contributed by atoms with Crippen LogP contribution in [0.15, 0.2) is 0 Å². The fraction of sp³-hybridized carbons (Fsp3) is 1.00. The zero-order valence-corrected chi connectivity index (χ0v) is 8.60. The summed E-state index contributed by atoms with van der Waals surface area (Å²) in [5.41, 5.74) is 0. The van der Waals surface area contributed by atoms with E-state index in [0.717, 1.165) is 0 Å². The number of hydrogen-bond donors (Lipinski definition) is 0. The molecule has 0 spiro atoms. The predicted molar refractivity (Wildman–Crippen MR) is 45.0 cm³/mol. The van der Waals surface area contributed by atoms with Gasteiger partial charge in [0.25, 0.3) is 0 Å². The van der Waals surface area contributed by atoms with Gasteiger partial charge in [-0.2, -0.15) is 22.0 Å².